The maximum Gasteiger partial charge on any atom is 0.197 e. The van der Waals surface area contributed by atoms with Gasteiger partial charge < -0.3 is 9.73 Å². The predicted octanol–water partition coefficient (Wildman–Crippen LogP) is 4.15. The number of nitrogens with one attached hydrogen (secondary N) is 1. The molecule has 0 amide bonds. The molecule has 0 fully saturated rings. The van der Waals surface area contributed by atoms with Crippen LogP contribution in [0.15, 0.2) is 28.8 Å². The van der Waals surface area contributed by atoms with Gasteiger partial charge in [0.25, 0.3) is 0 Å². The fourth-order valence-electron chi connectivity index (χ4n) is 2.73. The van der Waals surface area contributed by atoms with Gasteiger partial charge in [0.2, 0.25) is 0 Å². The number of hydrogen-bond donors (Lipinski definition) is 1. The maximum absolute atomic E-state index is 11.8. The molecule has 1 N–H and O–H groups in total. The zero-order valence-corrected chi connectivity index (χ0v) is 14.4. The van der Waals surface area contributed by atoms with E-state index in [1.807, 2.05) is 39.2 Å². The second-order valence-electron chi connectivity index (χ2n) is 5.51. The Balaban J connectivity index is 1.92. The van der Waals surface area contributed by atoms with E-state index in [4.69, 9.17) is 4.42 Å². The van der Waals surface area contributed by atoms with Gasteiger partial charge in [-0.1, -0.05) is 6.92 Å². The lowest BCUT2D eigenvalue weighted by atomic mass is 10.2. The number of carbonyl (C=O) groups excluding carboxylic acids is 1. The van der Waals surface area contributed by atoms with Crippen molar-refractivity contribution in [3.05, 3.63) is 35.9 Å². The van der Waals surface area contributed by atoms with Crippen molar-refractivity contribution in [2.75, 3.05) is 12.4 Å². The van der Waals surface area contributed by atoms with Gasteiger partial charge in [-0.2, -0.15) is 0 Å². The molecule has 4 heterocycles. The summed E-state index contributed by atoms with van der Waals surface area (Å²) in [5.74, 6) is 1.83. The molecule has 0 aliphatic rings. The van der Waals surface area contributed by atoms with E-state index in [2.05, 4.69) is 19.7 Å². The highest BCUT2D eigenvalue weighted by Crippen LogP contribution is 2.36. The number of furan rings is 1. The minimum absolute atomic E-state index is 0.00537. The van der Waals surface area contributed by atoms with Gasteiger partial charge in [0.05, 0.1) is 4.88 Å². The van der Waals surface area contributed by atoms with Crippen LogP contribution in [0.4, 0.5) is 5.82 Å². The number of anilines is 1. The Morgan fingerprint density at radius 2 is 2.25 bits per heavy atom. The van der Waals surface area contributed by atoms with Gasteiger partial charge in [0, 0.05) is 25.4 Å². The quantitative estimate of drug-likeness (QED) is 0.565. The average molecular weight is 340 g/mol. The number of Topliss-reactive ketones (excluding diaryl/α,β-unsaturated/α-hetero) is 1. The van der Waals surface area contributed by atoms with Crippen molar-refractivity contribution in [2.24, 2.45) is 0 Å². The van der Waals surface area contributed by atoms with E-state index in [-0.39, 0.29) is 5.78 Å². The fourth-order valence-corrected chi connectivity index (χ4v) is 3.85. The molecule has 0 saturated heterocycles. The van der Waals surface area contributed by atoms with Gasteiger partial charge >= 0.3 is 0 Å². The lowest BCUT2D eigenvalue weighted by Gasteiger charge is -2.04. The standard InChI is InChI=1S/C17H16N4O2S/c1-4-11(22)12-5-6-13(23-12)14-7-10-17(24-14)21-9(2)8-19-16(21)15(18-3)20-10/h5-8H,4H2,1-3H3,(H,18,20). The Morgan fingerprint density at radius 1 is 1.42 bits per heavy atom. The molecule has 4 rings (SSSR count). The lowest BCUT2D eigenvalue weighted by Crippen LogP contribution is -1.98. The molecule has 0 aromatic carbocycles. The first-order valence-electron chi connectivity index (χ1n) is 7.71. The third-order valence-electron chi connectivity index (χ3n) is 3.96. The van der Waals surface area contributed by atoms with Gasteiger partial charge in [-0.3, -0.25) is 9.20 Å². The van der Waals surface area contributed by atoms with Crippen LogP contribution in [0.1, 0.15) is 29.6 Å². The van der Waals surface area contributed by atoms with Crippen molar-refractivity contribution < 1.29 is 9.21 Å². The zero-order valence-electron chi connectivity index (χ0n) is 13.6. The van der Waals surface area contributed by atoms with E-state index in [1.165, 1.54) is 0 Å². The first kappa shape index (κ1) is 14.9. The van der Waals surface area contributed by atoms with Crippen molar-refractivity contribution in [3.8, 4) is 10.6 Å². The fraction of sp³-hybridized carbons (Fsp3) is 0.235. The van der Waals surface area contributed by atoms with Crippen molar-refractivity contribution in [1.82, 2.24) is 14.4 Å². The molecule has 0 bridgehead atoms. The monoisotopic (exact) mass is 340 g/mol. The number of imidazole rings is 1. The Kier molecular flexibility index (Phi) is 3.38. The van der Waals surface area contributed by atoms with Crippen LogP contribution in [0.2, 0.25) is 0 Å². The van der Waals surface area contributed by atoms with E-state index in [1.54, 1.807) is 17.4 Å². The summed E-state index contributed by atoms with van der Waals surface area (Å²) in [5, 5.41) is 3.09. The highest BCUT2D eigenvalue weighted by molar-refractivity contribution is 7.21. The third kappa shape index (κ3) is 2.12. The van der Waals surface area contributed by atoms with Gasteiger partial charge in [0.1, 0.15) is 16.1 Å². The molecular formula is C17H16N4O2S. The molecule has 122 valence electrons. The molecule has 7 heteroatoms. The molecule has 4 aromatic rings. The summed E-state index contributed by atoms with van der Waals surface area (Å²) < 4.78 is 7.81. The Labute approximate surface area is 142 Å². The number of hydrogen-bond acceptors (Lipinski definition) is 6. The number of nitrogens with zero attached hydrogens (tertiary/aromatic N) is 3. The van der Waals surface area contributed by atoms with Gasteiger partial charge in [-0.15, -0.1) is 11.3 Å². The molecule has 0 unspecified atom stereocenters. The summed E-state index contributed by atoms with van der Waals surface area (Å²) in [4.78, 5) is 22.8. The molecule has 0 atom stereocenters. The Bertz CT molecular complexity index is 1070. The first-order chi connectivity index (χ1) is 11.6. The van der Waals surface area contributed by atoms with Crippen molar-refractivity contribution in [3.63, 3.8) is 0 Å². The number of carbonyl (C=O) groups is 1. The molecule has 0 radical (unpaired) electrons. The Hall–Kier alpha value is -2.67. The maximum atomic E-state index is 11.8. The van der Waals surface area contributed by atoms with Gasteiger partial charge in [-0.05, 0) is 25.1 Å². The van der Waals surface area contributed by atoms with Crippen LogP contribution >= 0.6 is 11.3 Å². The summed E-state index contributed by atoms with van der Waals surface area (Å²) in [7, 11) is 1.83. The number of aryl methyl sites for hydroxylation is 1. The van der Waals surface area contributed by atoms with Crippen LogP contribution in [0.5, 0.6) is 0 Å². The van der Waals surface area contributed by atoms with Crippen molar-refractivity contribution >= 4 is 38.9 Å². The van der Waals surface area contributed by atoms with Crippen LogP contribution in [-0.2, 0) is 0 Å². The molecule has 0 aliphatic carbocycles. The van der Waals surface area contributed by atoms with Crippen LogP contribution in [0.25, 0.3) is 26.6 Å². The summed E-state index contributed by atoms with van der Waals surface area (Å²) in [6, 6.07) is 5.55. The smallest absolute Gasteiger partial charge is 0.197 e. The molecule has 0 aliphatic heterocycles. The summed E-state index contributed by atoms with van der Waals surface area (Å²) in [6.07, 6.45) is 2.27. The highest BCUT2D eigenvalue weighted by Gasteiger charge is 2.17. The van der Waals surface area contributed by atoms with Crippen LogP contribution in [-0.4, -0.2) is 27.2 Å². The lowest BCUT2D eigenvalue weighted by molar-refractivity contribution is 0.0962. The highest BCUT2D eigenvalue weighted by atomic mass is 32.1. The average Bonchev–Trinajstić information content (AvgIpc) is 3.30. The van der Waals surface area contributed by atoms with Crippen LogP contribution in [0.3, 0.4) is 0 Å². The zero-order chi connectivity index (χ0) is 16.8. The number of fused-ring (bicyclic) bond motifs is 3. The third-order valence-corrected chi connectivity index (χ3v) is 5.08. The molecule has 24 heavy (non-hydrogen) atoms. The minimum Gasteiger partial charge on any atom is -0.452 e. The summed E-state index contributed by atoms with van der Waals surface area (Å²) in [5.41, 5.74) is 2.72. The SMILES string of the molecule is CCC(=O)c1ccc(-c2cc3nc(NC)c4ncc(C)n4c3s2)o1. The van der Waals surface area contributed by atoms with E-state index in [0.717, 1.165) is 32.4 Å². The summed E-state index contributed by atoms with van der Waals surface area (Å²) >= 11 is 1.58. The van der Waals surface area contributed by atoms with E-state index in [9.17, 15) is 4.79 Å². The van der Waals surface area contributed by atoms with Gasteiger partial charge in [0.15, 0.2) is 23.0 Å². The number of rotatable bonds is 4. The van der Waals surface area contributed by atoms with E-state index < -0.39 is 0 Å². The minimum atomic E-state index is 0.00537. The topological polar surface area (TPSA) is 72.4 Å². The molecule has 0 saturated carbocycles. The van der Waals surface area contributed by atoms with Crippen LogP contribution < -0.4 is 5.32 Å². The Morgan fingerprint density at radius 3 is 3.00 bits per heavy atom. The second kappa shape index (κ2) is 5.45. The molecular weight excluding hydrogens is 324 g/mol. The number of ketones is 1. The van der Waals surface area contributed by atoms with Crippen molar-refractivity contribution in [2.45, 2.75) is 20.3 Å². The first-order valence-corrected chi connectivity index (χ1v) is 8.52. The number of aromatic nitrogens is 3. The normalized spacial score (nSPS) is 11.5. The molecule has 0 spiro atoms. The largest absolute Gasteiger partial charge is 0.452 e. The van der Waals surface area contributed by atoms with E-state index in [0.29, 0.717) is 17.9 Å². The summed E-state index contributed by atoms with van der Waals surface area (Å²) in [6.45, 7) is 3.84. The van der Waals surface area contributed by atoms with Gasteiger partial charge in [-0.25, -0.2) is 9.97 Å². The van der Waals surface area contributed by atoms with Crippen molar-refractivity contribution in [1.29, 1.82) is 0 Å². The molecule has 6 nitrogen and oxygen atoms in total. The number of thiophene rings is 1. The molecule has 4 aromatic heterocycles. The predicted molar refractivity (Wildman–Crippen MR) is 95.0 cm³/mol. The van der Waals surface area contributed by atoms with E-state index >= 15 is 0 Å². The van der Waals surface area contributed by atoms with Crippen LogP contribution in [0, 0.1) is 6.92 Å². The second-order valence-corrected chi connectivity index (χ2v) is 6.54.